The number of amides is 2. The summed E-state index contributed by atoms with van der Waals surface area (Å²) in [6.45, 7) is 5.55. The van der Waals surface area contributed by atoms with Crippen LogP contribution in [0.1, 0.15) is 31.9 Å². The minimum Gasteiger partial charge on any atom is -0.441 e. The molecule has 1 unspecified atom stereocenters. The van der Waals surface area contributed by atoms with Crippen molar-refractivity contribution in [1.29, 1.82) is 0 Å². The van der Waals surface area contributed by atoms with Crippen LogP contribution in [0.2, 0.25) is 0 Å². The first-order valence-electron chi connectivity index (χ1n) is 9.77. The molecule has 150 valence electrons. The van der Waals surface area contributed by atoms with Crippen LogP contribution in [-0.4, -0.2) is 40.4 Å². The first-order chi connectivity index (χ1) is 13.9. The molecule has 0 N–H and O–H groups in total. The number of benzene rings is 2. The molecule has 0 spiro atoms. The molecule has 0 aromatic heterocycles. The zero-order chi connectivity index (χ0) is 20.6. The van der Waals surface area contributed by atoms with Gasteiger partial charge in [-0.25, -0.2) is 9.69 Å². The van der Waals surface area contributed by atoms with Gasteiger partial charge in [0.05, 0.1) is 17.7 Å². The van der Waals surface area contributed by atoms with Crippen molar-refractivity contribution < 1.29 is 19.2 Å². The number of oxime groups is 1. The maximum Gasteiger partial charge on any atom is 0.417 e. The summed E-state index contributed by atoms with van der Waals surface area (Å²) in [5.74, 6) is -0.692. The van der Waals surface area contributed by atoms with Crippen LogP contribution in [-0.2, 0) is 20.8 Å². The van der Waals surface area contributed by atoms with E-state index in [9.17, 15) is 9.59 Å². The standard InChI is InChI=1S/C23H24N2O4/c1-15-19(17-12-8-5-9-13-17)24-29-20(15)21(26)25-18(23(2,3)28-22(25)27)14-16-10-6-4-7-11-16/h4-13,15,18,20H,14H2,1-3H3/t15?,18-,20+/m0/s1. The molecular formula is C23H24N2O4. The Morgan fingerprint density at radius 2 is 1.69 bits per heavy atom. The zero-order valence-electron chi connectivity index (χ0n) is 16.7. The number of hydrogen-bond acceptors (Lipinski definition) is 5. The molecular weight excluding hydrogens is 368 g/mol. The van der Waals surface area contributed by atoms with Gasteiger partial charge in [0.2, 0.25) is 6.10 Å². The lowest BCUT2D eigenvalue weighted by Crippen LogP contribution is -2.51. The van der Waals surface area contributed by atoms with Gasteiger partial charge in [0.1, 0.15) is 5.60 Å². The lowest BCUT2D eigenvalue weighted by molar-refractivity contribution is -0.142. The molecule has 2 aliphatic rings. The topological polar surface area (TPSA) is 68.2 Å². The number of imide groups is 1. The van der Waals surface area contributed by atoms with Crippen LogP contribution in [0.5, 0.6) is 0 Å². The van der Waals surface area contributed by atoms with E-state index in [1.54, 1.807) is 0 Å². The highest BCUT2D eigenvalue weighted by Gasteiger charge is 2.54. The van der Waals surface area contributed by atoms with Gasteiger partial charge < -0.3 is 9.57 Å². The monoisotopic (exact) mass is 392 g/mol. The van der Waals surface area contributed by atoms with E-state index in [1.807, 2.05) is 81.4 Å². The fourth-order valence-corrected chi connectivity index (χ4v) is 3.95. The van der Waals surface area contributed by atoms with Crippen LogP contribution in [0.4, 0.5) is 4.79 Å². The van der Waals surface area contributed by atoms with Crippen molar-refractivity contribution in [3.05, 3.63) is 71.8 Å². The predicted molar refractivity (Wildman–Crippen MR) is 108 cm³/mol. The molecule has 29 heavy (non-hydrogen) atoms. The molecule has 3 atom stereocenters. The fraction of sp³-hybridized carbons (Fsp3) is 0.348. The number of carbonyl (C=O) groups is 2. The first-order valence-corrected chi connectivity index (χ1v) is 9.77. The number of rotatable bonds is 4. The van der Waals surface area contributed by atoms with Gasteiger partial charge in [0.15, 0.2) is 0 Å². The molecule has 0 saturated carbocycles. The van der Waals surface area contributed by atoms with Crippen LogP contribution < -0.4 is 0 Å². The van der Waals surface area contributed by atoms with Gasteiger partial charge in [-0.05, 0) is 31.4 Å². The number of nitrogens with zero attached hydrogens (tertiary/aromatic N) is 2. The lowest BCUT2D eigenvalue weighted by atomic mass is 9.90. The smallest absolute Gasteiger partial charge is 0.417 e. The predicted octanol–water partition coefficient (Wildman–Crippen LogP) is 3.79. The average molecular weight is 392 g/mol. The molecule has 6 nitrogen and oxygen atoms in total. The second-order valence-corrected chi connectivity index (χ2v) is 8.04. The van der Waals surface area contributed by atoms with Gasteiger partial charge in [-0.15, -0.1) is 0 Å². The molecule has 0 bridgehead atoms. The molecule has 4 rings (SSSR count). The largest absolute Gasteiger partial charge is 0.441 e. The lowest BCUT2D eigenvalue weighted by Gasteiger charge is -2.29. The van der Waals surface area contributed by atoms with Crippen LogP contribution in [0.15, 0.2) is 65.8 Å². The Morgan fingerprint density at radius 1 is 1.07 bits per heavy atom. The van der Waals surface area contributed by atoms with Crippen molar-refractivity contribution in [2.45, 2.75) is 44.9 Å². The molecule has 6 heteroatoms. The molecule has 2 aliphatic heterocycles. The van der Waals surface area contributed by atoms with Crippen molar-refractivity contribution in [1.82, 2.24) is 4.90 Å². The van der Waals surface area contributed by atoms with Crippen molar-refractivity contribution in [3.8, 4) is 0 Å². The van der Waals surface area contributed by atoms with E-state index in [-0.39, 0.29) is 5.92 Å². The molecule has 1 fully saturated rings. The van der Waals surface area contributed by atoms with Crippen molar-refractivity contribution in [2.75, 3.05) is 0 Å². The van der Waals surface area contributed by atoms with Crippen molar-refractivity contribution in [2.24, 2.45) is 11.1 Å². The number of cyclic esters (lactones) is 1. The molecule has 2 aromatic carbocycles. The Balaban J connectivity index is 1.57. The van der Waals surface area contributed by atoms with Crippen LogP contribution in [0.3, 0.4) is 0 Å². The van der Waals surface area contributed by atoms with Crippen LogP contribution >= 0.6 is 0 Å². The van der Waals surface area contributed by atoms with E-state index in [4.69, 9.17) is 9.57 Å². The van der Waals surface area contributed by atoms with Crippen LogP contribution in [0.25, 0.3) is 0 Å². The molecule has 0 aliphatic carbocycles. The van der Waals surface area contributed by atoms with E-state index in [1.165, 1.54) is 4.90 Å². The van der Waals surface area contributed by atoms with Gasteiger partial charge in [-0.3, -0.25) is 4.79 Å². The Morgan fingerprint density at radius 3 is 2.34 bits per heavy atom. The Kier molecular flexibility index (Phi) is 4.86. The van der Waals surface area contributed by atoms with E-state index < -0.39 is 29.7 Å². The van der Waals surface area contributed by atoms with Gasteiger partial charge in [0.25, 0.3) is 5.91 Å². The molecule has 2 heterocycles. The molecule has 1 saturated heterocycles. The maximum absolute atomic E-state index is 13.4. The minimum absolute atomic E-state index is 0.279. The number of hydrogen-bond donors (Lipinski definition) is 0. The molecule has 2 amide bonds. The maximum atomic E-state index is 13.4. The van der Waals surface area contributed by atoms with Gasteiger partial charge in [-0.1, -0.05) is 72.7 Å². The number of carbonyl (C=O) groups excluding carboxylic acids is 2. The summed E-state index contributed by atoms with van der Waals surface area (Å²) >= 11 is 0. The second kappa shape index (κ2) is 7.35. The summed E-state index contributed by atoms with van der Waals surface area (Å²) in [5.41, 5.74) is 1.84. The minimum atomic E-state index is -0.857. The summed E-state index contributed by atoms with van der Waals surface area (Å²) in [5, 5.41) is 4.15. The highest BCUT2D eigenvalue weighted by molar-refractivity contribution is 6.07. The Bertz CT molecular complexity index is 940. The van der Waals surface area contributed by atoms with Gasteiger partial charge >= 0.3 is 6.09 Å². The van der Waals surface area contributed by atoms with E-state index >= 15 is 0 Å². The molecule has 2 aromatic rings. The summed E-state index contributed by atoms with van der Waals surface area (Å²) in [6.07, 6.45) is -0.978. The summed E-state index contributed by atoms with van der Waals surface area (Å²) in [6, 6.07) is 18.9. The van der Waals surface area contributed by atoms with E-state index in [0.29, 0.717) is 12.1 Å². The second-order valence-electron chi connectivity index (χ2n) is 8.04. The highest BCUT2D eigenvalue weighted by Crippen LogP contribution is 2.34. The third-order valence-electron chi connectivity index (χ3n) is 5.63. The summed E-state index contributed by atoms with van der Waals surface area (Å²) < 4.78 is 5.55. The third kappa shape index (κ3) is 3.50. The van der Waals surface area contributed by atoms with Crippen molar-refractivity contribution >= 4 is 17.7 Å². The number of ether oxygens (including phenoxy) is 1. The third-order valence-corrected chi connectivity index (χ3v) is 5.63. The quantitative estimate of drug-likeness (QED) is 0.794. The van der Waals surface area contributed by atoms with Crippen LogP contribution in [0, 0.1) is 5.92 Å². The Labute approximate surface area is 170 Å². The average Bonchev–Trinajstić information content (AvgIpc) is 3.19. The zero-order valence-corrected chi connectivity index (χ0v) is 16.7. The van der Waals surface area contributed by atoms with E-state index in [0.717, 1.165) is 11.1 Å². The first kappa shape index (κ1) is 19.2. The molecule has 0 radical (unpaired) electrons. The van der Waals surface area contributed by atoms with Gasteiger partial charge in [-0.2, -0.15) is 0 Å². The van der Waals surface area contributed by atoms with Crippen molar-refractivity contribution in [3.63, 3.8) is 0 Å². The summed E-state index contributed by atoms with van der Waals surface area (Å²) in [7, 11) is 0. The SMILES string of the molecule is CC1C(c2ccccc2)=NO[C@H]1C(=O)N1C(=O)OC(C)(C)[C@@H]1Cc1ccccc1. The normalized spacial score (nSPS) is 25.3. The highest BCUT2D eigenvalue weighted by atomic mass is 16.7. The fourth-order valence-electron chi connectivity index (χ4n) is 3.95. The Hall–Kier alpha value is -3.15. The van der Waals surface area contributed by atoms with E-state index in [2.05, 4.69) is 5.16 Å². The summed E-state index contributed by atoms with van der Waals surface area (Å²) in [4.78, 5) is 32.7. The van der Waals surface area contributed by atoms with Gasteiger partial charge in [0, 0.05) is 0 Å².